The number of piperazine rings is 1. The zero-order chi connectivity index (χ0) is 14.1. The summed E-state index contributed by atoms with van der Waals surface area (Å²) in [7, 11) is 0. The molecule has 0 unspecified atom stereocenters. The number of hydrogen-bond donors (Lipinski definition) is 0. The molecule has 2 amide bonds. The van der Waals surface area contributed by atoms with Crippen LogP contribution in [0.15, 0.2) is 0 Å². The topological polar surface area (TPSA) is 40.6 Å². The van der Waals surface area contributed by atoms with Crippen LogP contribution in [0, 0.1) is 5.41 Å². The maximum absolute atomic E-state index is 12.1. The van der Waals surface area contributed by atoms with Gasteiger partial charge in [-0.2, -0.15) is 0 Å². The van der Waals surface area contributed by atoms with Crippen LogP contribution in [0.25, 0.3) is 0 Å². The van der Waals surface area contributed by atoms with Gasteiger partial charge in [-0.15, -0.1) is 0 Å². The highest BCUT2D eigenvalue weighted by atomic mass is 16.2. The zero-order valence-electron chi connectivity index (χ0n) is 12.5. The van der Waals surface area contributed by atoms with Crippen LogP contribution < -0.4 is 0 Å². The Morgan fingerprint density at radius 1 is 1.11 bits per heavy atom. The molecule has 104 valence electrons. The van der Waals surface area contributed by atoms with Crippen molar-refractivity contribution in [3.05, 3.63) is 0 Å². The number of amides is 2. The molecule has 4 nitrogen and oxygen atoms in total. The first-order valence-electron chi connectivity index (χ1n) is 6.59. The fourth-order valence-electron chi connectivity index (χ4n) is 2.16. The second-order valence-corrected chi connectivity index (χ2v) is 7.27. The third-order valence-electron chi connectivity index (χ3n) is 3.06. The van der Waals surface area contributed by atoms with Gasteiger partial charge >= 0.3 is 0 Å². The SMILES string of the molecule is CC(C)(C)CC(=O)N1CCN(C(C)(C)C)C(=O)C1. The molecule has 0 aromatic heterocycles. The lowest BCUT2D eigenvalue weighted by molar-refractivity contribution is -0.150. The number of carbonyl (C=O) groups is 2. The van der Waals surface area contributed by atoms with E-state index in [0.29, 0.717) is 19.5 Å². The van der Waals surface area contributed by atoms with Gasteiger partial charge < -0.3 is 9.80 Å². The quantitative estimate of drug-likeness (QED) is 0.717. The van der Waals surface area contributed by atoms with Gasteiger partial charge in [0.15, 0.2) is 0 Å². The first kappa shape index (κ1) is 15.0. The summed E-state index contributed by atoms with van der Waals surface area (Å²) >= 11 is 0. The van der Waals surface area contributed by atoms with Crippen molar-refractivity contribution in [2.45, 2.75) is 53.5 Å². The van der Waals surface area contributed by atoms with Gasteiger partial charge in [0, 0.05) is 25.0 Å². The van der Waals surface area contributed by atoms with Gasteiger partial charge in [0.25, 0.3) is 0 Å². The maximum Gasteiger partial charge on any atom is 0.242 e. The molecule has 0 aliphatic carbocycles. The first-order chi connectivity index (χ1) is 8.00. The maximum atomic E-state index is 12.1. The van der Waals surface area contributed by atoms with E-state index in [0.717, 1.165) is 0 Å². The Bertz CT molecular complexity index is 335. The van der Waals surface area contributed by atoms with Crippen LogP contribution in [0.4, 0.5) is 0 Å². The minimum absolute atomic E-state index is 0.0265. The summed E-state index contributed by atoms with van der Waals surface area (Å²) < 4.78 is 0. The van der Waals surface area contributed by atoms with E-state index in [2.05, 4.69) is 0 Å². The average Bonchev–Trinajstić information content (AvgIpc) is 2.12. The summed E-state index contributed by atoms with van der Waals surface area (Å²) in [6.07, 6.45) is 0.496. The van der Waals surface area contributed by atoms with Crippen LogP contribution in [0.5, 0.6) is 0 Å². The third-order valence-corrected chi connectivity index (χ3v) is 3.06. The summed E-state index contributed by atoms with van der Waals surface area (Å²) in [5, 5.41) is 0. The van der Waals surface area contributed by atoms with Gasteiger partial charge in [0.05, 0.1) is 6.54 Å². The lowest BCUT2D eigenvalue weighted by atomic mass is 9.91. The van der Waals surface area contributed by atoms with Crippen molar-refractivity contribution in [2.75, 3.05) is 19.6 Å². The average molecular weight is 254 g/mol. The van der Waals surface area contributed by atoms with E-state index in [1.807, 2.05) is 46.4 Å². The standard InChI is InChI=1S/C14H26N2O2/c1-13(2,3)9-11(17)15-7-8-16(12(18)10-15)14(4,5)6/h7-10H2,1-6H3. The Labute approximate surface area is 110 Å². The zero-order valence-corrected chi connectivity index (χ0v) is 12.5. The van der Waals surface area contributed by atoms with Crippen LogP contribution >= 0.6 is 0 Å². The fraction of sp³-hybridized carbons (Fsp3) is 0.857. The smallest absolute Gasteiger partial charge is 0.242 e. The number of hydrogen-bond acceptors (Lipinski definition) is 2. The third kappa shape index (κ3) is 4.00. The molecule has 1 aliphatic rings. The highest BCUT2D eigenvalue weighted by Crippen LogP contribution is 2.22. The van der Waals surface area contributed by atoms with Crippen LogP contribution in [0.1, 0.15) is 48.0 Å². The highest BCUT2D eigenvalue weighted by molar-refractivity contribution is 5.86. The normalized spacial score (nSPS) is 18.2. The Morgan fingerprint density at radius 3 is 2.06 bits per heavy atom. The van der Waals surface area contributed by atoms with Crippen molar-refractivity contribution < 1.29 is 9.59 Å². The molecular weight excluding hydrogens is 228 g/mol. The molecule has 0 saturated carbocycles. The van der Waals surface area contributed by atoms with Gasteiger partial charge in [-0.1, -0.05) is 20.8 Å². The molecule has 1 aliphatic heterocycles. The Kier molecular flexibility index (Phi) is 4.08. The molecule has 1 fully saturated rings. The molecule has 0 radical (unpaired) electrons. The predicted molar refractivity (Wildman–Crippen MR) is 72.1 cm³/mol. The summed E-state index contributed by atoms with van der Waals surface area (Å²) in [6, 6.07) is 0. The largest absolute Gasteiger partial charge is 0.335 e. The van der Waals surface area contributed by atoms with Crippen molar-refractivity contribution >= 4 is 11.8 Å². The van der Waals surface area contributed by atoms with Crippen molar-refractivity contribution in [3.63, 3.8) is 0 Å². The first-order valence-corrected chi connectivity index (χ1v) is 6.59. The lowest BCUT2D eigenvalue weighted by Crippen LogP contribution is -2.58. The minimum atomic E-state index is -0.156. The summed E-state index contributed by atoms with van der Waals surface area (Å²) in [6.45, 7) is 13.7. The van der Waals surface area contributed by atoms with E-state index < -0.39 is 0 Å². The molecular formula is C14H26N2O2. The molecule has 0 bridgehead atoms. The summed E-state index contributed by atoms with van der Waals surface area (Å²) in [4.78, 5) is 27.7. The number of rotatable bonds is 1. The number of nitrogens with zero attached hydrogens (tertiary/aromatic N) is 2. The van der Waals surface area contributed by atoms with Crippen LogP contribution in [-0.4, -0.2) is 46.8 Å². The second kappa shape index (κ2) is 4.90. The molecule has 0 spiro atoms. The van der Waals surface area contributed by atoms with E-state index in [9.17, 15) is 9.59 Å². The Hall–Kier alpha value is -1.06. The summed E-state index contributed by atoms with van der Waals surface area (Å²) in [5.41, 5.74) is -0.183. The molecule has 1 saturated heterocycles. The van der Waals surface area contributed by atoms with Gasteiger partial charge in [-0.25, -0.2) is 0 Å². The summed E-state index contributed by atoms with van der Waals surface area (Å²) in [5.74, 6) is 0.139. The van der Waals surface area contributed by atoms with Crippen molar-refractivity contribution in [1.82, 2.24) is 9.80 Å². The lowest BCUT2D eigenvalue weighted by Gasteiger charge is -2.42. The molecule has 0 aromatic carbocycles. The highest BCUT2D eigenvalue weighted by Gasteiger charge is 2.33. The van der Waals surface area contributed by atoms with E-state index in [1.54, 1.807) is 4.90 Å². The molecule has 1 rings (SSSR count). The van der Waals surface area contributed by atoms with Crippen LogP contribution in [0.3, 0.4) is 0 Å². The molecule has 1 heterocycles. The van der Waals surface area contributed by atoms with E-state index in [4.69, 9.17) is 0 Å². The Morgan fingerprint density at radius 2 is 1.67 bits per heavy atom. The van der Waals surface area contributed by atoms with Gasteiger partial charge in [-0.05, 0) is 26.2 Å². The van der Waals surface area contributed by atoms with Crippen molar-refractivity contribution in [2.24, 2.45) is 5.41 Å². The predicted octanol–water partition coefficient (Wildman–Crippen LogP) is 1.89. The molecule has 18 heavy (non-hydrogen) atoms. The second-order valence-electron chi connectivity index (χ2n) is 7.27. The van der Waals surface area contributed by atoms with Gasteiger partial charge in [0.2, 0.25) is 11.8 Å². The number of carbonyl (C=O) groups excluding carboxylic acids is 2. The fourth-order valence-corrected chi connectivity index (χ4v) is 2.16. The van der Waals surface area contributed by atoms with Crippen LogP contribution in [0.2, 0.25) is 0 Å². The minimum Gasteiger partial charge on any atom is -0.335 e. The van der Waals surface area contributed by atoms with E-state index >= 15 is 0 Å². The molecule has 4 heteroatoms. The molecule has 0 aromatic rings. The molecule has 0 atom stereocenters. The van der Waals surface area contributed by atoms with E-state index in [1.165, 1.54) is 0 Å². The monoisotopic (exact) mass is 254 g/mol. The Balaban J connectivity index is 2.62. The van der Waals surface area contributed by atoms with Gasteiger partial charge in [0.1, 0.15) is 0 Å². The molecule has 0 N–H and O–H groups in total. The van der Waals surface area contributed by atoms with Crippen molar-refractivity contribution in [3.8, 4) is 0 Å². The van der Waals surface area contributed by atoms with Crippen LogP contribution in [-0.2, 0) is 9.59 Å². The van der Waals surface area contributed by atoms with E-state index in [-0.39, 0.29) is 29.3 Å². The van der Waals surface area contributed by atoms with Crippen molar-refractivity contribution in [1.29, 1.82) is 0 Å². The van der Waals surface area contributed by atoms with Gasteiger partial charge in [-0.3, -0.25) is 9.59 Å².